The zero-order chi connectivity index (χ0) is 15.2. The number of rotatable bonds is 7. The standard InChI is InChI=1S/C14H15ClN2O4/c1-3-4-13-16-12(17-21-13)8-20-14-10(15)5-9(7-18)6-11(14)19-2/h5-7H,3-4,8H2,1-2H3. The van der Waals surface area contributed by atoms with Gasteiger partial charge in [0.1, 0.15) is 6.29 Å². The molecule has 0 spiro atoms. The van der Waals surface area contributed by atoms with Crippen LogP contribution in [-0.4, -0.2) is 23.5 Å². The van der Waals surface area contributed by atoms with E-state index in [0.29, 0.717) is 35.1 Å². The van der Waals surface area contributed by atoms with Crippen LogP contribution >= 0.6 is 11.6 Å². The molecule has 112 valence electrons. The zero-order valence-electron chi connectivity index (χ0n) is 11.8. The van der Waals surface area contributed by atoms with Gasteiger partial charge in [-0.05, 0) is 18.6 Å². The molecule has 0 saturated carbocycles. The lowest BCUT2D eigenvalue weighted by Crippen LogP contribution is -2.01. The summed E-state index contributed by atoms with van der Waals surface area (Å²) in [7, 11) is 1.47. The highest BCUT2D eigenvalue weighted by Gasteiger charge is 2.14. The van der Waals surface area contributed by atoms with Gasteiger partial charge in [-0.2, -0.15) is 4.98 Å². The molecule has 0 aliphatic heterocycles. The molecule has 0 saturated heterocycles. The number of nitrogens with zero attached hydrogens (tertiary/aromatic N) is 2. The third-order valence-corrected chi connectivity index (χ3v) is 2.99. The summed E-state index contributed by atoms with van der Waals surface area (Å²) in [6, 6.07) is 3.05. The molecular weight excluding hydrogens is 296 g/mol. The smallest absolute Gasteiger partial charge is 0.226 e. The maximum absolute atomic E-state index is 10.8. The van der Waals surface area contributed by atoms with Gasteiger partial charge >= 0.3 is 0 Å². The van der Waals surface area contributed by atoms with Crippen LogP contribution in [0, 0.1) is 0 Å². The summed E-state index contributed by atoms with van der Waals surface area (Å²) in [6.45, 7) is 2.13. The van der Waals surface area contributed by atoms with Gasteiger partial charge in [0.2, 0.25) is 11.7 Å². The molecule has 2 aromatic rings. The van der Waals surface area contributed by atoms with Crippen molar-refractivity contribution in [2.24, 2.45) is 0 Å². The molecular formula is C14H15ClN2O4. The second-order valence-electron chi connectivity index (χ2n) is 4.29. The van der Waals surface area contributed by atoms with Gasteiger partial charge in [0.15, 0.2) is 18.1 Å². The van der Waals surface area contributed by atoms with Crippen LogP contribution in [0.25, 0.3) is 0 Å². The fourth-order valence-corrected chi connectivity index (χ4v) is 2.02. The van der Waals surface area contributed by atoms with Crippen molar-refractivity contribution in [3.63, 3.8) is 0 Å². The van der Waals surface area contributed by atoms with Crippen LogP contribution in [0.5, 0.6) is 11.5 Å². The van der Waals surface area contributed by atoms with Gasteiger partial charge in [-0.3, -0.25) is 4.79 Å². The van der Waals surface area contributed by atoms with Crippen molar-refractivity contribution in [1.29, 1.82) is 0 Å². The van der Waals surface area contributed by atoms with Crippen LogP contribution < -0.4 is 9.47 Å². The predicted octanol–water partition coefficient (Wildman–Crippen LogP) is 3.08. The second kappa shape index (κ2) is 7.08. The number of benzene rings is 1. The monoisotopic (exact) mass is 310 g/mol. The maximum atomic E-state index is 10.8. The largest absolute Gasteiger partial charge is 0.493 e. The Morgan fingerprint density at radius 2 is 2.24 bits per heavy atom. The fraction of sp³-hybridized carbons (Fsp3) is 0.357. The lowest BCUT2D eigenvalue weighted by atomic mass is 10.2. The van der Waals surface area contributed by atoms with Crippen LogP contribution in [0.3, 0.4) is 0 Å². The first-order valence-electron chi connectivity index (χ1n) is 6.44. The minimum Gasteiger partial charge on any atom is -0.493 e. The summed E-state index contributed by atoms with van der Waals surface area (Å²) in [6.07, 6.45) is 2.34. The molecule has 1 aromatic carbocycles. The quantitative estimate of drug-likeness (QED) is 0.732. The van der Waals surface area contributed by atoms with Gasteiger partial charge in [0, 0.05) is 12.0 Å². The van der Waals surface area contributed by atoms with Gasteiger partial charge in [-0.1, -0.05) is 23.7 Å². The van der Waals surface area contributed by atoms with Gasteiger partial charge in [-0.25, -0.2) is 0 Å². The molecule has 6 nitrogen and oxygen atoms in total. The lowest BCUT2D eigenvalue weighted by Gasteiger charge is -2.11. The summed E-state index contributed by atoms with van der Waals surface area (Å²) >= 11 is 6.09. The summed E-state index contributed by atoms with van der Waals surface area (Å²) in [5.41, 5.74) is 0.411. The summed E-state index contributed by atoms with van der Waals surface area (Å²) < 4.78 is 15.8. The fourth-order valence-electron chi connectivity index (χ4n) is 1.75. The molecule has 0 amide bonds. The van der Waals surface area contributed by atoms with Crippen LogP contribution in [-0.2, 0) is 13.0 Å². The van der Waals surface area contributed by atoms with Crippen LogP contribution in [0.1, 0.15) is 35.4 Å². The van der Waals surface area contributed by atoms with Crippen LogP contribution in [0.2, 0.25) is 5.02 Å². The Balaban J connectivity index is 2.13. The van der Waals surface area contributed by atoms with Gasteiger partial charge in [0.05, 0.1) is 12.1 Å². The number of aromatic nitrogens is 2. The van der Waals surface area contributed by atoms with Crippen molar-refractivity contribution in [3.05, 3.63) is 34.4 Å². The zero-order valence-corrected chi connectivity index (χ0v) is 12.5. The van der Waals surface area contributed by atoms with E-state index in [0.717, 1.165) is 12.8 Å². The van der Waals surface area contributed by atoms with E-state index in [4.69, 9.17) is 25.6 Å². The third kappa shape index (κ3) is 3.72. The SMILES string of the molecule is CCCc1nc(COc2c(Cl)cc(C=O)cc2OC)no1. The molecule has 0 fully saturated rings. The van der Waals surface area contributed by atoms with Gasteiger partial charge in [-0.15, -0.1) is 0 Å². The van der Waals surface area contributed by atoms with Crippen molar-refractivity contribution < 1.29 is 18.8 Å². The minimum absolute atomic E-state index is 0.101. The Labute approximate surface area is 127 Å². The highest BCUT2D eigenvalue weighted by molar-refractivity contribution is 6.32. The number of hydrogen-bond donors (Lipinski definition) is 0. The first-order valence-corrected chi connectivity index (χ1v) is 6.82. The summed E-state index contributed by atoms with van der Waals surface area (Å²) in [5.74, 6) is 1.72. The average molecular weight is 311 g/mol. The highest BCUT2D eigenvalue weighted by atomic mass is 35.5. The van der Waals surface area contributed by atoms with Crippen LogP contribution in [0.15, 0.2) is 16.7 Å². The molecule has 0 radical (unpaired) electrons. The summed E-state index contributed by atoms with van der Waals surface area (Å²) in [4.78, 5) is 15.0. The number of halogens is 1. The molecule has 0 atom stereocenters. The van der Waals surface area contributed by atoms with Gasteiger partial charge < -0.3 is 14.0 Å². The number of aryl methyl sites for hydroxylation is 1. The normalized spacial score (nSPS) is 10.4. The molecule has 0 N–H and O–H groups in total. The van der Waals surface area contributed by atoms with Crippen molar-refractivity contribution in [1.82, 2.24) is 10.1 Å². The average Bonchev–Trinajstić information content (AvgIpc) is 2.93. The number of carbonyl (C=O) groups excluding carboxylic acids is 1. The molecule has 21 heavy (non-hydrogen) atoms. The first kappa shape index (κ1) is 15.3. The number of hydrogen-bond acceptors (Lipinski definition) is 6. The van der Waals surface area contributed by atoms with E-state index in [1.54, 1.807) is 6.07 Å². The van der Waals surface area contributed by atoms with E-state index in [9.17, 15) is 4.79 Å². The van der Waals surface area contributed by atoms with E-state index < -0.39 is 0 Å². The number of carbonyl (C=O) groups is 1. The van der Waals surface area contributed by atoms with Crippen molar-refractivity contribution >= 4 is 17.9 Å². The van der Waals surface area contributed by atoms with Crippen LogP contribution in [0.4, 0.5) is 0 Å². The molecule has 1 aromatic heterocycles. The molecule has 2 rings (SSSR count). The van der Waals surface area contributed by atoms with E-state index in [-0.39, 0.29) is 11.6 Å². The Hall–Kier alpha value is -2.08. The van der Waals surface area contributed by atoms with Crippen molar-refractivity contribution in [2.75, 3.05) is 7.11 Å². The Morgan fingerprint density at radius 1 is 1.43 bits per heavy atom. The summed E-state index contributed by atoms with van der Waals surface area (Å²) in [5, 5.41) is 4.10. The minimum atomic E-state index is 0.101. The first-order chi connectivity index (χ1) is 10.2. The molecule has 0 bridgehead atoms. The molecule has 7 heteroatoms. The predicted molar refractivity (Wildman–Crippen MR) is 76.0 cm³/mol. The van der Waals surface area contributed by atoms with Crippen molar-refractivity contribution in [3.8, 4) is 11.5 Å². The molecule has 0 aliphatic carbocycles. The van der Waals surface area contributed by atoms with Gasteiger partial charge in [0.25, 0.3) is 0 Å². The highest BCUT2D eigenvalue weighted by Crippen LogP contribution is 2.36. The van der Waals surface area contributed by atoms with E-state index in [1.165, 1.54) is 13.2 Å². The Kier molecular flexibility index (Phi) is 5.16. The second-order valence-corrected chi connectivity index (χ2v) is 4.70. The number of ether oxygens (including phenoxy) is 2. The Bertz CT molecular complexity index is 627. The lowest BCUT2D eigenvalue weighted by molar-refractivity contribution is 0.112. The topological polar surface area (TPSA) is 74.5 Å². The molecule has 1 heterocycles. The molecule has 0 unspecified atom stereocenters. The van der Waals surface area contributed by atoms with E-state index in [1.807, 2.05) is 6.92 Å². The number of aldehydes is 1. The Morgan fingerprint density at radius 3 is 2.90 bits per heavy atom. The third-order valence-electron chi connectivity index (χ3n) is 2.71. The number of methoxy groups -OCH3 is 1. The molecule has 0 aliphatic rings. The van der Waals surface area contributed by atoms with E-state index >= 15 is 0 Å². The maximum Gasteiger partial charge on any atom is 0.226 e. The van der Waals surface area contributed by atoms with Crippen molar-refractivity contribution in [2.45, 2.75) is 26.4 Å². The van der Waals surface area contributed by atoms with E-state index in [2.05, 4.69) is 10.1 Å².